The molecular weight excluding hydrogens is 320 g/mol. The van der Waals surface area contributed by atoms with Crippen LogP contribution < -0.4 is 4.74 Å². The molecule has 0 aliphatic rings. The molecule has 0 bridgehead atoms. The number of rotatable bonds is 4. The summed E-state index contributed by atoms with van der Waals surface area (Å²) in [6, 6.07) is 8.37. The van der Waals surface area contributed by atoms with Crippen molar-refractivity contribution in [3.8, 4) is 5.75 Å². The lowest BCUT2D eigenvalue weighted by atomic mass is 10.1. The molecule has 3 rings (SSSR count). The second-order valence-corrected chi connectivity index (χ2v) is 6.17. The standard InChI is InChI=1S/C20H24N2O.ClH/c1-6-22-16(5)15(4)17-9-10-21-18(20(17)22)12-23-19-8-7-13(2)11-14(19)3;/h7-11H,6,12H2,1-5H3;1H. The number of benzene rings is 1. The Morgan fingerprint density at radius 3 is 2.50 bits per heavy atom. The van der Waals surface area contributed by atoms with Gasteiger partial charge >= 0.3 is 0 Å². The molecule has 2 heterocycles. The summed E-state index contributed by atoms with van der Waals surface area (Å²) >= 11 is 0. The SMILES string of the molecule is CCn1c(C)c(C)c2ccnc(COc3ccc(C)cc3C)c21.Cl. The summed E-state index contributed by atoms with van der Waals surface area (Å²) in [5.74, 6) is 0.928. The minimum Gasteiger partial charge on any atom is -0.487 e. The minimum atomic E-state index is 0. The Morgan fingerprint density at radius 1 is 1.08 bits per heavy atom. The van der Waals surface area contributed by atoms with Gasteiger partial charge in [0.15, 0.2) is 0 Å². The van der Waals surface area contributed by atoms with Crippen molar-refractivity contribution in [2.75, 3.05) is 0 Å². The normalized spacial score (nSPS) is 10.7. The predicted molar refractivity (Wildman–Crippen MR) is 102 cm³/mol. The fourth-order valence-electron chi connectivity index (χ4n) is 3.27. The van der Waals surface area contributed by atoms with Crippen LogP contribution >= 0.6 is 12.4 Å². The van der Waals surface area contributed by atoms with Gasteiger partial charge in [0.2, 0.25) is 0 Å². The maximum Gasteiger partial charge on any atom is 0.132 e. The van der Waals surface area contributed by atoms with E-state index in [1.54, 1.807) is 0 Å². The van der Waals surface area contributed by atoms with Gasteiger partial charge in [-0.2, -0.15) is 0 Å². The van der Waals surface area contributed by atoms with Gasteiger partial charge in [0.1, 0.15) is 18.1 Å². The highest BCUT2D eigenvalue weighted by Crippen LogP contribution is 2.28. The lowest BCUT2D eigenvalue weighted by Crippen LogP contribution is -2.04. The van der Waals surface area contributed by atoms with Gasteiger partial charge < -0.3 is 9.30 Å². The number of hydrogen-bond acceptors (Lipinski definition) is 2. The van der Waals surface area contributed by atoms with Gasteiger partial charge in [0.05, 0.1) is 5.52 Å². The van der Waals surface area contributed by atoms with E-state index in [2.05, 4.69) is 62.4 Å². The molecule has 0 unspecified atom stereocenters. The molecule has 128 valence electrons. The zero-order chi connectivity index (χ0) is 16.6. The Morgan fingerprint density at radius 2 is 1.83 bits per heavy atom. The lowest BCUT2D eigenvalue weighted by Gasteiger charge is -2.12. The van der Waals surface area contributed by atoms with Gasteiger partial charge in [-0.1, -0.05) is 17.7 Å². The Bertz CT molecular complexity index is 868. The summed E-state index contributed by atoms with van der Waals surface area (Å²) in [5.41, 5.74) is 7.26. The van der Waals surface area contributed by atoms with Gasteiger partial charge in [0, 0.05) is 23.8 Å². The van der Waals surface area contributed by atoms with E-state index in [0.717, 1.165) is 23.6 Å². The number of aromatic nitrogens is 2. The molecule has 1 aromatic carbocycles. The van der Waals surface area contributed by atoms with E-state index >= 15 is 0 Å². The molecule has 0 aliphatic carbocycles. The van der Waals surface area contributed by atoms with Gasteiger partial charge in [-0.05, 0) is 57.9 Å². The number of hydrogen-bond donors (Lipinski definition) is 0. The second-order valence-electron chi connectivity index (χ2n) is 6.17. The molecule has 24 heavy (non-hydrogen) atoms. The van der Waals surface area contributed by atoms with Crippen LogP contribution in [0.2, 0.25) is 0 Å². The van der Waals surface area contributed by atoms with Crippen LogP contribution in [0, 0.1) is 27.7 Å². The average Bonchev–Trinajstić information content (AvgIpc) is 2.78. The summed E-state index contributed by atoms with van der Waals surface area (Å²) in [4.78, 5) is 4.59. The molecule has 0 aliphatic heterocycles. The summed E-state index contributed by atoms with van der Waals surface area (Å²) < 4.78 is 8.39. The molecule has 0 spiro atoms. The molecule has 3 aromatic rings. The first-order chi connectivity index (χ1) is 11.0. The van der Waals surface area contributed by atoms with E-state index < -0.39 is 0 Å². The molecule has 0 N–H and O–H groups in total. The Labute approximate surface area is 150 Å². The summed E-state index contributed by atoms with van der Waals surface area (Å²) in [6.07, 6.45) is 1.88. The lowest BCUT2D eigenvalue weighted by molar-refractivity contribution is 0.300. The number of aryl methyl sites for hydroxylation is 4. The minimum absolute atomic E-state index is 0. The van der Waals surface area contributed by atoms with Crippen molar-refractivity contribution < 1.29 is 4.74 Å². The van der Waals surface area contributed by atoms with Crippen LogP contribution in [0.4, 0.5) is 0 Å². The maximum absolute atomic E-state index is 6.06. The van der Waals surface area contributed by atoms with Crippen LogP contribution in [0.1, 0.15) is 35.0 Å². The van der Waals surface area contributed by atoms with Crippen LogP contribution in [0.5, 0.6) is 5.75 Å². The first-order valence-electron chi connectivity index (χ1n) is 8.16. The van der Waals surface area contributed by atoms with E-state index in [0.29, 0.717) is 6.61 Å². The molecule has 3 nitrogen and oxygen atoms in total. The molecule has 0 amide bonds. The van der Waals surface area contributed by atoms with Gasteiger partial charge in [-0.15, -0.1) is 12.4 Å². The second kappa shape index (κ2) is 7.27. The molecule has 0 radical (unpaired) electrons. The highest BCUT2D eigenvalue weighted by atomic mass is 35.5. The van der Waals surface area contributed by atoms with Crippen molar-refractivity contribution in [1.82, 2.24) is 9.55 Å². The maximum atomic E-state index is 6.06. The molecular formula is C20H25ClN2O. The molecule has 0 saturated carbocycles. The van der Waals surface area contributed by atoms with Crippen molar-refractivity contribution >= 4 is 23.3 Å². The number of pyridine rings is 1. The zero-order valence-electron chi connectivity index (χ0n) is 15.0. The third-order valence-electron chi connectivity index (χ3n) is 4.63. The molecule has 0 saturated heterocycles. The smallest absolute Gasteiger partial charge is 0.132 e. The predicted octanol–water partition coefficient (Wildman–Crippen LogP) is 5.29. The van der Waals surface area contributed by atoms with E-state index in [1.807, 2.05) is 12.3 Å². The molecule has 0 atom stereocenters. The van der Waals surface area contributed by atoms with Crippen molar-refractivity contribution in [3.63, 3.8) is 0 Å². The Kier molecular flexibility index (Phi) is 5.55. The Hall–Kier alpha value is -2.00. The van der Waals surface area contributed by atoms with Crippen LogP contribution in [0.15, 0.2) is 30.5 Å². The van der Waals surface area contributed by atoms with E-state index in [1.165, 1.54) is 27.7 Å². The number of halogens is 1. The van der Waals surface area contributed by atoms with Crippen LogP contribution in [-0.4, -0.2) is 9.55 Å². The monoisotopic (exact) mass is 344 g/mol. The largest absolute Gasteiger partial charge is 0.487 e. The summed E-state index contributed by atoms with van der Waals surface area (Å²) in [7, 11) is 0. The topological polar surface area (TPSA) is 27.1 Å². The van der Waals surface area contributed by atoms with Gasteiger partial charge in [0.25, 0.3) is 0 Å². The fraction of sp³-hybridized carbons (Fsp3) is 0.350. The van der Waals surface area contributed by atoms with E-state index in [9.17, 15) is 0 Å². The first kappa shape index (κ1) is 18.3. The number of ether oxygens (including phenoxy) is 1. The quantitative estimate of drug-likeness (QED) is 0.643. The Balaban J connectivity index is 0.00000208. The summed E-state index contributed by atoms with van der Waals surface area (Å²) in [6.45, 7) is 12.1. The first-order valence-corrected chi connectivity index (χ1v) is 8.16. The highest BCUT2D eigenvalue weighted by molar-refractivity contribution is 5.86. The van der Waals surface area contributed by atoms with E-state index in [4.69, 9.17) is 4.74 Å². The average molecular weight is 345 g/mol. The summed E-state index contributed by atoms with van der Waals surface area (Å²) in [5, 5.41) is 1.28. The van der Waals surface area contributed by atoms with Crippen LogP contribution in [0.3, 0.4) is 0 Å². The highest BCUT2D eigenvalue weighted by Gasteiger charge is 2.14. The molecule has 2 aromatic heterocycles. The van der Waals surface area contributed by atoms with Crippen molar-refractivity contribution in [2.24, 2.45) is 0 Å². The third-order valence-corrected chi connectivity index (χ3v) is 4.63. The molecule has 4 heteroatoms. The third kappa shape index (κ3) is 3.13. The van der Waals surface area contributed by atoms with E-state index in [-0.39, 0.29) is 12.4 Å². The zero-order valence-corrected chi connectivity index (χ0v) is 15.8. The van der Waals surface area contributed by atoms with Crippen molar-refractivity contribution in [2.45, 2.75) is 47.8 Å². The van der Waals surface area contributed by atoms with Crippen molar-refractivity contribution in [1.29, 1.82) is 0 Å². The van der Waals surface area contributed by atoms with Crippen LogP contribution in [-0.2, 0) is 13.2 Å². The van der Waals surface area contributed by atoms with Crippen molar-refractivity contribution in [3.05, 3.63) is 58.5 Å². The van der Waals surface area contributed by atoms with Gasteiger partial charge in [-0.25, -0.2) is 0 Å². The fourth-order valence-corrected chi connectivity index (χ4v) is 3.27. The van der Waals surface area contributed by atoms with Gasteiger partial charge in [-0.3, -0.25) is 4.98 Å². The number of fused-ring (bicyclic) bond motifs is 1. The van der Waals surface area contributed by atoms with Crippen LogP contribution in [0.25, 0.3) is 10.9 Å². The molecule has 0 fully saturated rings. The number of nitrogens with zero attached hydrogens (tertiary/aromatic N) is 2.